The lowest BCUT2D eigenvalue weighted by Crippen LogP contribution is -2.31. The monoisotopic (exact) mass is 242 g/mol. The minimum atomic E-state index is -0.617. The van der Waals surface area contributed by atoms with E-state index >= 15 is 0 Å². The summed E-state index contributed by atoms with van der Waals surface area (Å²) < 4.78 is 4.83. The Morgan fingerprint density at radius 2 is 2.50 bits per heavy atom. The van der Waals surface area contributed by atoms with Gasteiger partial charge in [-0.3, -0.25) is 15.5 Å². The van der Waals surface area contributed by atoms with Gasteiger partial charge in [-0.05, 0) is 25.2 Å². The van der Waals surface area contributed by atoms with E-state index in [2.05, 4.69) is 15.8 Å². The van der Waals surface area contributed by atoms with Gasteiger partial charge < -0.3 is 9.73 Å². The lowest BCUT2D eigenvalue weighted by atomic mass is 10.5. The first-order valence-corrected chi connectivity index (χ1v) is 4.85. The van der Waals surface area contributed by atoms with Gasteiger partial charge >= 0.3 is 5.88 Å². The second-order valence-corrected chi connectivity index (χ2v) is 3.07. The van der Waals surface area contributed by atoms with Crippen LogP contribution in [0.25, 0.3) is 0 Å². The fraction of sp³-hybridized carbons (Fsp3) is 0.250. The highest BCUT2D eigenvalue weighted by atomic mass is 32.1. The van der Waals surface area contributed by atoms with E-state index in [1.54, 1.807) is 0 Å². The molecule has 0 atom stereocenters. The fourth-order valence-electron chi connectivity index (χ4n) is 0.864. The van der Waals surface area contributed by atoms with Crippen molar-refractivity contribution >= 4 is 29.4 Å². The van der Waals surface area contributed by atoms with Crippen molar-refractivity contribution in [2.24, 2.45) is 5.10 Å². The molecule has 0 aliphatic heterocycles. The molecule has 1 aromatic heterocycles. The number of rotatable bonds is 4. The molecule has 2 N–H and O–H groups in total. The summed E-state index contributed by atoms with van der Waals surface area (Å²) in [5.41, 5.74) is 2.53. The third-order valence-electron chi connectivity index (χ3n) is 1.49. The zero-order valence-electron chi connectivity index (χ0n) is 8.47. The molecular weight excluding hydrogens is 232 g/mol. The largest absolute Gasteiger partial charge is 0.433 e. The summed E-state index contributed by atoms with van der Waals surface area (Å²) in [6.45, 7) is 2.58. The SMILES string of the molecule is CCNC(=S)N/N=C\c1ccc([N+](=O)[O-])o1. The van der Waals surface area contributed by atoms with Crippen LogP contribution in [0.4, 0.5) is 5.88 Å². The molecule has 0 aliphatic rings. The van der Waals surface area contributed by atoms with Gasteiger partial charge in [0.2, 0.25) is 0 Å². The highest BCUT2D eigenvalue weighted by molar-refractivity contribution is 7.80. The third kappa shape index (κ3) is 3.65. The highest BCUT2D eigenvalue weighted by Crippen LogP contribution is 2.13. The molecule has 0 bridgehead atoms. The van der Waals surface area contributed by atoms with Crippen molar-refractivity contribution in [1.29, 1.82) is 0 Å². The minimum absolute atomic E-state index is 0.276. The molecule has 1 heterocycles. The molecule has 86 valence electrons. The lowest BCUT2D eigenvalue weighted by Gasteiger charge is -2.01. The van der Waals surface area contributed by atoms with Crippen LogP contribution in [0.2, 0.25) is 0 Å². The molecule has 0 fully saturated rings. The van der Waals surface area contributed by atoms with Crippen molar-refractivity contribution in [2.45, 2.75) is 6.92 Å². The molecule has 1 rings (SSSR count). The number of nitrogens with one attached hydrogen (secondary N) is 2. The molecular formula is C8H10N4O3S. The minimum Gasteiger partial charge on any atom is -0.400 e. The van der Waals surface area contributed by atoms with Gasteiger partial charge in [0.05, 0.1) is 12.3 Å². The van der Waals surface area contributed by atoms with Crippen LogP contribution in [0.3, 0.4) is 0 Å². The summed E-state index contributed by atoms with van der Waals surface area (Å²) >= 11 is 4.84. The lowest BCUT2D eigenvalue weighted by molar-refractivity contribution is -0.402. The summed E-state index contributed by atoms with van der Waals surface area (Å²) in [5.74, 6) is -0.0470. The number of hydrogen-bond donors (Lipinski definition) is 2. The van der Waals surface area contributed by atoms with E-state index in [9.17, 15) is 10.1 Å². The summed E-state index contributed by atoms with van der Waals surface area (Å²) in [4.78, 5) is 9.69. The number of hydrazone groups is 1. The van der Waals surface area contributed by atoms with Crippen LogP contribution in [-0.4, -0.2) is 22.8 Å². The smallest absolute Gasteiger partial charge is 0.400 e. The normalized spacial score (nSPS) is 10.3. The van der Waals surface area contributed by atoms with Gasteiger partial charge in [-0.15, -0.1) is 0 Å². The van der Waals surface area contributed by atoms with Crippen molar-refractivity contribution in [3.8, 4) is 0 Å². The molecule has 16 heavy (non-hydrogen) atoms. The van der Waals surface area contributed by atoms with Crippen LogP contribution in [0, 0.1) is 10.1 Å². The molecule has 0 aromatic carbocycles. The summed E-state index contributed by atoms with van der Waals surface area (Å²) in [5, 5.41) is 17.2. The van der Waals surface area contributed by atoms with E-state index in [4.69, 9.17) is 16.6 Å². The van der Waals surface area contributed by atoms with E-state index in [0.29, 0.717) is 11.7 Å². The standard InChI is InChI=1S/C8H10N4O3S/c1-2-9-8(16)11-10-5-6-3-4-7(15-6)12(13)14/h3-5H,2H2,1H3,(H2,9,11,16)/b10-5-. The second kappa shape index (κ2) is 5.81. The van der Waals surface area contributed by atoms with Crippen LogP contribution in [0.15, 0.2) is 21.7 Å². The van der Waals surface area contributed by atoms with Crippen molar-refractivity contribution in [1.82, 2.24) is 10.7 Å². The average molecular weight is 242 g/mol. The average Bonchev–Trinajstić information content (AvgIpc) is 2.67. The molecule has 0 aliphatic carbocycles. The molecule has 1 aromatic rings. The quantitative estimate of drug-likeness (QED) is 0.354. The number of nitro groups is 1. The Morgan fingerprint density at radius 3 is 3.06 bits per heavy atom. The Balaban J connectivity index is 2.50. The fourth-order valence-corrected chi connectivity index (χ4v) is 1.06. The molecule has 0 radical (unpaired) electrons. The maximum Gasteiger partial charge on any atom is 0.433 e. The maximum absolute atomic E-state index is 10.3. The van der Waals surface area contributed by atoms with Crippen molar-refractivity contribution in [3.63, 3.8) is 0 Å². The van der Waals surface area contributed by atoms with E-state index < -0.39 is 4.92 Å². The predicted octanol–water partition coefficient (Wildman–Crippen LogP) is 1.01. The molecule has 0 saturated carbocycles. The highest BCUT2D eigenvalue weighted by Gasteiger charge is 2.09. The number of thiocarbonyl (C=S) groups is 1. The van der Waals surface area contributed by atoms with Crippen LogP contribution in [0.1, 0.15) is 12.7 Å². The zero-order valence-corrected chi connectivity index (χ0v) is 9.28. The van der Waals surface area contributed by atoms with Crippen molar-refractivity contribution < 1.29 is 9.34 Å². The Morgan fingerprint density at radius 1 is 1.75 bits per heavy atom. The van der Waals surface area contributed by atoms with Gasteiger partial charge in [0.15, 0.2) is 10.9 Å². The molecule has 0 saturated heterocycles. The predicted molar refractivity (Wildman–Crippen MR) is 62.4 cm³/mol. The molecule has 8 heteroatoms. The Bertz CT molecular complexity index is 415. The molecule has 0 spiro atoms. The molecule has 0 unspecified atom stereocenters. The van der Waals surface area contributed by atoms with E-state index in [1.807, 2.05) is 6.92 Å². The zero-order chi connectivity index (χ0) is 12.0. The Labute approximate surface area is 96.7 Å². The van der Waals surface area contributed by atoms with E-state index in [0.717, 1.165) is 0 Å². The van der Waals surface area contributed by atoms with Crippen LogP contribution in [0.5, 0.6) is 0 Å². The van der Waals surface area contributed by atoms with Crippen molar-refractivity contribution in [2.75, 3.05) is 6.54 Å². The first kappa shape index (κ1) is 12.1. The Kier molecular flexibility index (Phi) is 4.40. The van der Waals surface area contributed by atoms with Crippen LogP contribution < -0.4 is 10.7 Å². The van der Waals surface area contributed by atoms with E-state index in [1.165, 1.54) is 18.3 Å². The van der Waals surface area contributed by atoms with E-state index in [-0.39, 0.29) is 11.6 Å². The summed E-state index contributed by atoms with van der Waals surface area (Å²) in [7, 11) is 0. The van der Waals surface area contributed by atoms with Gasteiger partial charge in [-0.2, -0.15) is 5.10 Å². The van der Waals surface area contributed by atoms with Gasteiger partial charge in [0.1, 0.15) is 4.92 Å². The van der Waals surface area contributed by atoms with Gasteiger partial charge in [-0.25, -0.2) is 0 Å². The second-order valence-electron chi connectivity index (χ2n) is 2.66. The number of hydrogen-bond acceptors (Lipinski definition) is 5. The maximum atomic E-state index is 10.3. The summed E-state index contributed by atoms with van der Waals surface area (Å²) in [6, 6.07) is 2.70. The van der Waals surface area contributed by atoms with Gasteiger partial charge in [-0.1, -0.05) is 0 Å². The molecule has 7 nitrogen and oxygen atoms in total. The van der Waals surface area contributed by atoms with Gasteiger partial charge in [0.25, 0.3) is 0 Å². The van der Waals surface area contributed by atoms with Crippen LogP contribution in [-0.2, 0) is 0 Å². The first-order valence-electron chi connectivity index (χ1n) is 4.44. The topological polar surface area (TPSA) is 92.7 Å². The third-order valence-corrected chi connectivity index (χ3v) is 1.72. The number of nitrogens with zero attached hydrogens (tertiary/aromatic N) is 2. The first-order chi connectivity index (χ1) is 7.63. The number of furan rings is 1. The summed E-state index contributed by atoms with van der Waals surface area (Å²) in [6.07, 6.45) is 1.30. The van der Waals surface area contributed by atoms with Crippen LogP contribution >= 0.6 is 12.2 Å². The van der Waals surface area contributed by atoms with Crippen molar-refractivity contribution in [3.05, 3.63) is 28.0 Å². The Hall–Kier alpha value is -1.96. The van der Waals surface area contributed by atoms with Gasteiger partial charge in [0, 0.05) is 6.54 Å². The molecule has 0 amide bonds.